The summed E-state index contributed by atoms with van der Waals surface area (Å²) < 4.78 is 7.70. The average molecular weight is 340 g/mol. The maximum atomic E-state index is 12.6. The van der Waals surface area contributed by atoms with E-state index in [4.69, 9.17) is 9.84 Å². The van der Waals surface area contributed by atoms with E-state index in [0.717, 1.165) is 53.4 Å². The summed E-state index contributed by atoms with van der Waals surface area (Å²) in [6.45, 7) is 4.60. The average Bonchev–Trinajstić information content (AvgIpc) is 3.29. The third kappa shape index (κ3) is 4.12. The van der Waals surface area contributed by atoms with Crippen molar-refractivity contribution in [3.05, 3.63) is 29.5 Å². The standard InChI is InChI=1S/C21H28N2O2/c1-15-10-20-18(13-23(22-20)12-16-4-2-5-16)11-19(15)21(24)6-3-9-25-14-17-7-8-17/h10-11,13,16-17H,2-9,12,14H2,1H3. The molecule has 1 aromatic carbocycles. The second-order valence-corrected chi connectivity index (χ2v) is 7.92. The highest BCUT2D eigenvalue weighted by Crippen LogP contribution is 2.29. The Morgan fingerprint density at radius 3 is 2.80 bits per heavy atom. The number of carbonyl (C=O) groups is 1. The molecule has 0 saturated heterocycles. The van der Waals surface area contributed by atoms with Gasteiger partial charge in [-0.15, -0.1) is 0 Å². The SMILES string of the molecule is Cc1cc2nn(CC3CCC3)cc2cc1C(=O)CCCOCC1CC1. The van der Waals surface area contributed by atoms with Crippen LogP contribution in [-0.4, -0.2) is 28.8 Å². The van der Waals surface area contributed by atoms with Crippen LogP contribution < -0.4 is 0 Å². The molecule has 2 aromatic rings. The van der Waals surface area contributed by atoms with E-state index in [1.165, 1.54) is 32.1 Å². The molecular weight excluding hydrogens is 312 g/mol. The van der Waals surface area contributed by atoms with Gasteiger partial charge in [0.05, 0.1) is 5.52 Å². The fourth-order valence-corrected chi connectivity index (χ4v) is 3.57. The number of ketones is 1. The summed E-state index contributed by atoms with van der Waals surface area (Å²) in [4.78, 5) is 12.6. The maximum absolute atomic E-state index is 12.6. The minimum absolute atomic E-state index is 0.223. The van der Waals surface area contributed by atoms with Crippen molar-refractivity contribution in [1.29, 1.82) is 0 Å². The zero-order valence-corrected chi connectivity index (χ0v) is 15.2. The van der Waals surface area contributed by atoms with Crippen LogP contribution in [0.4, 0.5) is 0 Å². The molecule has 1 heterocycles. The molecule has 2 aliphatic rings. The Kier molecular flexibility index (Phi) is 4.89. The molecule has 2 aliphatic carbocycles. The molecule has 0 unspecified atom stereocenters. The Morgan fingerprint density at radius 2 is 2.08 bits per heavy atom. The lowest BCUT2D eigenvalue weighted by Gasteiger charge is -2.24. The van der Waals surface area contributed by atoms with Gasteiger partial charge in [0.25, 0.3) is 0 Å². The molecule has 2 fully saturated rings. The highest BCUT2D eigenvalue weighted by molar-refractivity contribution is 6.00. The molecule has 1 aromatic heterocycles. The van der Waals surface area contributed by atoms with Crippen LogP contribution in [0.2, 0.25) is 0 Å². The number of nitrogens with zero attached hydrogens (tertiary/aromatic N) is 2. The Hall–Kier alpha value is -1.68. The maximum Gasteiger partial charge on any atom is 0.163 e. The normalized spacial score (nSPS) is 17.8. The van der Waals surface area contributed by atoms with Crippen LogP contribution in [0, 0.1) is 18.8 Å². The van der Waals surface area contributed by atoms with Gasteiger partial charge in [0.15, 0.2) is 5.78 Å². The largest absolute Gasteiger partial charge is 0.381 e. The van der Waals surface area contributed by atoms with Crippen molar-refractivity contribution in [2.24, 2.45) is 11.8 Å². The van der Waals surface area contributed by atoms with Crippen molar-refractivity contribution in [2.75, 3.05) is 13.2 Å². The Bertz CT molecular complexity index is 757. The van der Waals surface area contributed by atoms with Crippen LogP contribution in [-0.2, 0) is 11.3 Å². The molecule has 0 N–H and O–H groups in total. The minimum atomic E-state index is 0.223. The smallest absolute Gasteiger partial charge is 0.163 e. The molecule has 0 aliphatic heterocycles. The van der Waals surface area contributed by atoms with Gasteiger partial charge in [-0.1, -0.05) is 6.42 Å². The lowest BCUT2D eigenvalue weighted by molar-refractivity contribution is 0.0926. The number of hydrogen-bond acceptors (Lipinski definition) is 3. The highest BCUT2D eigenvalue weighted by Gasteiger charge is 2.21. The van der Waals surface area contributed by atoms with Crippen LogP contribution >= 0.6 is 0 Å². The number of ether oxygens (including phenoxy) is 1. The molecule has 25 heavy (non-hydrogen) atoms. The molecule has 4 rings (SSSR count). The molecular formula is C21H28N2O2. The molecule has 0 bridgehead atoms. The first-order valence-electron chi connectivity index (χ1n) is 9.78. The van der Waals surface area contributed by atoms with Crippen LogP contribution in [0.15, 0.2) is 18.3 Å². The van der Waals surface area contributed by atoms with Gasteiger partial charge in [0, 0.05) is 43.3 Å². The number of carbonyl (C=O) groups excluding carboxylic acids is 1. The molecule has 4 heteroatoms. The Morgan fingerprint density at radius 1 is 1.24 bits per heavy atom. The van der Waals surface area contributed by atoms with E-state index in [1.807, 2.05) is 13.0 Å². The molecule has 2 saturated carbocycles. The van der Waals surface area contributed by atoms with E-state index >= 15 is 0 Å². The topological polar surface area (TPSA) is 44.1 Å². The summed E-state index contributed by atoms with van der Waals surface area (Å²) in [5.74, 6) is 1.80. The lowest BCUT2D eigenvalue weighted by Crippen LogP contribution is -2.18. The first kappa shape index (κ1) is 16.8. The van der Waals surface area contributed by atoms with E-state index in [1.54, 1.807) is 0 Å². The van der Waals surface area contributed by atoms with Gasteiger partial charge in [-0.05, 0) is 68.6 Å². The van der Waals surface area contributed by atoms with E-state index in [9.17, 15) is 4.79 Å². The van der Waals surface area contributed by atoms with Gasteiger partial charge in [-0.2, -0.15) is 5.10 Å². The summed E-state index contributed by atoms with van der Waals surface area (Å²) in [7, 11) is 0. The molecule has 0 atom stereocenters. The zero-order chi connectivity index (χ0) is 17.2. The van der Waals surface area contributed by atoms with Crippen molar-refractivity contribution in [1.82, 2.24) is 9.78 Å². The van der Waals surface area contributed by atoms with E-state index in [0.29, 0.717) is 13.0 Å². The van der Waals surface area contributed by atoms with Gasteiger partial charge < -0.3 is 4.74 Å². The quantitative estimate of drug-likeness (QED) is 0.497. The number of aromatic nitrogens is 2. The van der Waals surface area contributed by atoms with Gasteiger partial charge in [0.2, 0.25) is 0 Å². The third-order valence-corrected chi connectivity index (χ3v) is 5.61. The van der Waals surface area contributed by atoms with Crippen LogP contribution in [0.1, 0.15) is 60.9 Å². The number of fused-ring (bicyclic) bond motifs is 1. The third-order valence-electron chi connectivity index (χ3n) is 5.61. The number of hydrogen-bond donors (Lipinski definition) is 0. The first-order chi connectivity index (χ1) is 12.2. The van der Waals surface area contributed by atoms with Crippen molar-refractivity contribution in [2.45, 2.75) is 58.4 Å². The van der Waals surface area contributed by atoms with Gasteiger partial charge in [0.1, 0.15) is 0 Å². The van der Waals surface area contributed by atoms with E-state index in [-0.39, 0.29) is 5.78 Å². The first-order valence-corrected chi connectivity index (χ1v) is 9.78. The Labute approximate surface area is 149 Å². The van der Waals surface area contributed by atoms with Gasteiger partial charge in [-0.3, -0.25) is 9.48 Å². The minimum Gasteiger partial charge on any atom is -0.381 e. The predicted octanol–water partition coefficient (Wildman–Crippen LogP) is 4.53. The fraction of sp³-hybridized carbons (Fsp3) is 0.619. The van der Waals surface area contributed by atoms with Gasteiger partial charge >= 0.3 is 0 Å². The van der Waals surface area contributed by atoms with E-state index < -0.39 is 0 Å². The molecule has 0 spiro atoms. The summed E-state index contributed by atoms with van der Waals surface area (Å²) in [5.41, 5.74) is 2.88. The molecule has 0 amide bonds. The molecule has 0 radical (unpaired) electrons. The molecule has 4 nitrogen and oxygen atoms in total. The monoisotopic (exact) mass is 340 g/mol. The summed E-state index contributed by atoms with van der Waals surface area (Å²) in [6, 6.07) is 4.09. The van der Waals surface area contributed by atoms with Crippen LogP contribution in [0.5, 0.6) is 0 Å². The zero-order valence-electron chi connectivity index (χ0n) is 15.2. The predicted molar refractivity (Wildman–Crippen MR) is 98.9 cm³/mol. The number of benzene rings is 1. The van der Waals surface area contributed by atoms with Crippen molar-refractivity contribution >= 4 is 16.7 Å². The summed E-state index contributed by atoms with van der Waals surface area (Å²) in [6.07, 6.45) is 10.1. The number of aryl methyl sites for hydroxylation is 1. The lowest BCUT2D eigenvalue weighted by atomic mass is 9.85. The van der Waals surface area contributed by atoms with Crippen molar-refractivity contribution < 1.29 is 9.53 Å². The summed E-state index contributed by atoms with van der Waals surface area (Å²) >= 11 is 0. The van der Waals surface area contributed by atoms with Gasteiger partial charge in [-0.25, -0.2) is 0 Å². The number of rotatable bonds is 9. The number of Topliss-reactive ketones (excluding diaryl/α,β-unsaturated/α-hetero) is 1. The van der Waals surface area contributed by atoms with E-state index in [2.05, 4.69) is 16.9 Å². The second-order valence-electron chi connectivity index (χ2n) is 7.92. The Balaban J connectivity index is 1.37. The molecule has 134 valence electrons. The van der Waals surface area contributed by atoms with Crippen molar-refractivity contribution in [3.8, 4) is 0 Å². The van der Waals surface area contributed by atoms with Crippen LogP contribution in [0.3, 0.4) is 0 Å². The van der Waals surface area contributed by atoms with Crippen LogP contribution in [0.25, 0.3) is 10.9 Å². The second kappa shape index (κ2) is 7.28. The highest BCUT2D eigenvalue weighted by atomic mass is 16.5. The fourth-order valence-electron chi connectivity index (χ4n) is 3.57. The summed E-state index contributed by atoms with van der Waals surface area (Å²) in [5, 5.41) is 5.77. The van der Waals surface area contributed by atoms with Crippen molar-refractivity contribution in [3.63, 3.8) is 0 Å².